The number of hydrogen-bond donors (Lipinski definition) is 0. The summed E-state index contributed by atoms with van der Waals surface area (Å²) in [6, 6.07) is 96.6. The first-order valence-corrected chi connectivity index (χ1v) is 23.9. The molecule has 1 aliphatic carbocycles. The molecule has 0 spiro atoms. The molecular formula is C65H43NS. The fourth-order valence-electron chi connectivity index (χ4n) is 11.0. The molecule has 67 heavy (non-hydrogen) atoms. The summed E-state index contributed by atoms with van der Waals surface area (Å²) in [5.41, 5.74) is 17.4. The summed E-state index contributed by atoms with van der Waals surface area (Å²) in [5, 5.41) is 5.04. The summed E-state index contributed by atoms with van der Waals surface area (Å²) in [4.78, 5) is 2.55. The molecule has 0 fully saturated rings. The predicted molar refractivity (Wildman–Crippen MR) is 285 cm³/mol. The second-order valence-electron chi connectivity index (χ2n) is 17.6. The van der Waals surface area contributed by atoms with Gasteiger partial charge >= 0.3 is 0 Å². The Labute approximate surface area is 395 Å². The van der Waals surface area contributed by atoms with E-state index in [1.807, 2.05) is 11.3 Å². The lowest BCUT2D eigenvalue weighted by Crippen LogP contribution is -2.28. The van der Waals surface area contributed by atoms with E-state index in [4.69, 9.17) is 0 Å². The molecule has 0 aliphatic heterocycles. The molecule has 13 rings (SSSR count). The Kier molecular flexibility index (Phi) is 9.33. The highest BCUT2D eigenvalue weighted by Crippen LogP contribution is 2.58. The quantitative estimate of drug-likeness (QED) is 0.147. The van der Waals surface area contributed by atoms with Crippen molar-refractivity contribution in [3.63, 3.8) is 0 Å². The van der Waals surface area contributed by atoms with Crippen LogP contribution < -0.4 is 4.90 Å². The van der Waals surface area contributed by atoms with Gasteiger partial charge in [0.05, 0.1) is 16.8 Å². The number of anilines is 3. The maximum absolute atomic E-state index is 2.55. The maximum Gasteiger partial charge on any atom is 0.0714 e. The highest BCUT2D eigenvalue weighted by molar-refractivity contribution is 7.26. The molecule has 1 aromatic heterocycles. The average molecular weight is 870 g/mol. The summed E-state index contributed by atoms with van der Waals surface area (Å²) in [6.07, 6.45) is 0. The highest BCUT2D eigenvalue weighted by Gasteiger charge is 2.46. The van der Waals surface area contributed by atoms with Crippen LogP contribution in [-0.2, 0) is 5.41 Å². The number of fused-ring (bicyclic) bond motifs is 7. The molecule has 0 saturated carbocycles. The first-order valence-electron chi connectivity index (χ1n) is 23.1. The zero-order valence-electron chi connectivity index (χ0n) is 36.7. The fraction of sp³-hybridized carbons (Fsp3) is 0.0154. The van der Waals surface area contributed by atoms with Gasteiger partial charge in [0.15, 0.2) is 0 Å². The van der Waals surface area contributed by atoms with E-state index in [-0.39, 0.29) is 0 Å². The van der Waals surface area contributed by atoms with Crippen LogP contribution in [0.2, 0.25) is 0 Å². The smallest absolute Gasteiger partial charge is 0.0714 e. The molecule has 1 aliphatic rings. The lowest BCUT2D eigenvalue weighted by molar-refractivity contribution is 0.768. The monoisotopic (exact) mass is 869 g/mol. The zero-order valence-corrected chi connectivity index (χ0v) is 37.5. The molecule has 1 heterocycles. The van der Waals surface area contributed by atoms with Crippen LogP contribution in [0.4, 0.5) is 17.1 Å². The SMILES string of the molecule is c1ccc(-c2ccc(-c3ccc4ccccc4c3)cc2N(c2ccc3c(c2)C(c2ccccc2)(c2ccccc2)c2ccccc2-3)c2ccccc2-c2cccc3c2sc2ccccc23)cc1. The lowest BCUT2D eigenvalue weighted by Gasteiger charge is -2.35. The predicted octanol–water partition coefficient (Wildman–Crippen LogP) is 18.0. The van der Waals surface area contributed by atoms with Crippen LogP contribution in [0, 0.1) is 0 Å². The molecule has 0 unspecified atom stereocenters. The van der Waals surface area contributed by atoms with Gasteiger partial charge in [-0.25, -0.2) is 0 Å². The van der Waals surface area contributed by atoms with E-state index >= 15 is 0 Å². The number of para-hydroxylation sites is 1. The Hall–Kier alpha value is -8.30. The summed E-state index contributed by atoms with van der Waals surface area (Å²) >= 11 is 1.88. The van der Waals surface area contributed by atoms with Crippen LogP contribution in [0.5, 0.6) is 0 Å². The normalized spacial score (nSPS) is 12.6. The minimum atomic E-state index is -0.562. The van der Waals surface area contributed by atoms with E-state index in [1.54, 1.807) is 0 Å². The third kappa shape index (κ3) is 6.29. The van der Waals surface area contributed by atoms with Gasteiger partial charge in [0.25, 0.3) is 0 Å². The van der Waals surface area contributed by atoms with Crippen LogP contribution in [0.15, 0.2) is 261 Å². The van der Waals surface area contributed by atoms with Gasteiger partial charge in [0.1, 0.15) is 0 Å². The van der Waals surface area contributed by atoms with E-state index in [0.29, 0.717) is 0 Å². The fourth-order valence-corrected chi connectivity index (χ4v) is 12.2. The Morgan fingerprint density at radius 3 is 1.70 bits per heavy atom. The van der Waals surface area contributed by atoms with Gasteiger partial charge < -0.3 is 4.90 Å². The summed E-state index contributed by atoms with van der Waals surface area (Å²) in [7, 11) is 0. The third-order valence-electron chi connectivity index (χ3n) is 13.9. The van der Waals surface area contributed by atoms with Crippen LogP contribution in [0.1, 0.15) is 22.3 Å². The number of hydrogen-bond acceptors (Lipinski definition) is 2. The van der Waals surface area contributed by atoms with Gasteiger partial charge in [0.2, 0.25) is 0 Å². The van der Waals surface area contributed by atoms with Crippen LogP contribution in [-0.4, -0.2) is 0 Å². The molecule has 12 aromatic rings. The van der Waals surface area contributed by atoms with Gasteiger partial charge in [-0.05, 0) is 97.2 Å². The minimum Gasteiger partial charge on any atom is -0.309 e. The molecule has 314 valence electrons. The Bertz CT molecular complexity index is 3770. The van der Waals surface area contributed by atoms with Crippen LogP contribution in [0.3, 0.4) is 0 Å². The maximum atomic E-state index is 2.55. The highest BCUT2D eigenvalue weighted by atomic mass is 32.1. The average Bonchev–Trinajstić information content (AvgIpc) is 3.93. The van der Waals surface area contributed by atoms with Crippen molar-refractivity contribution in [1.29, 1.82) is 0 Å². The van der Waals surface area contributed by atoms with Gasteiger partial charge in [0, 0.05) is 42.6 Å². The van der Waals surface area contributed by atoms with Crippen molar-refractivity contribution in [3.8, 4) is 44.5 Å². The summed E-state index contributed by atoms with van der Waals surface area (Å²) < 4.78 is 2.59. The van der Waals surface area contributed by atoms with Crippen LogP contribution in [0.25, 0.3) is 75.5 Å². The van der Waals surface area contributed by atoms with E-state index in [2.05, 4.69) is 266 Å². The van der Waals surface area contributed by atoms with E-state index < -0.39 is 5.41 Å². The first-order chi connectivity index (χ1) is 33.2. The standard InChI is InChI=1S/C65H43NS/c1-4-20-45(21-5-1)52-39-37-48(47-36-35-44-19-10-11-22-46(44)41-47)42-62(52)66(61-33-16-13-28-55(61)57-30-18-31-58-56-29-14-17-34-63(56)67-64(57)58)51-38-40-54-53-27-12-15-32-59(53)65(60(54)43-51,49-23-6-2-7-24-49)50-25-8-3-9-26-50/h1-43H. The van der Waals surface area contributed by atoms with Crippen molar-refractivity contribution in [2.75, 3.05) is 4.90 Å². The van der Waals surface area contributed by atoms with Gasteiger partial charge in [-0.1, -0.05) is 224 Å². The van der Waals surface area contributed by atoms with E-state index in [0.717, 1.165) is 33.8 Å². The van der Waals surface area contributed by atoms with Gasteiger partial charge in [-0.2, -0.15) is 0 Å². The molecule has 11 aromatic carbocycles. The number of rotatable bonds is 8. The molecular weight excluding hydrogens is 827 g/mol. The van der Waals surface area contributed by atoms with Crippen molar-refractivity contribution >= 4 is 59.3 Å². The number of benzene rings is 11. The van der Waals surface area contributed by atoms with Crippen molar-refractivity contribution < 1.29 is 0 Å². The van der Waals surface area contributed by atoms with Crippen molar-refractivity contribution in [2.45, 2.75) is 5.41 Å². The molecule has 0 amide bonds. The number of nitrogens with zero attached hydrogens (tertiary/aromatic N) is 1. The minimum absolute atomic E-state index is 0.562. The zero-order chi connectivity index (χ0) is 44.3. The Morgan fingerprint density at radius 2 is 0.896 bits per heavy atom. The molecule has 0 radical (unpaired) electrons. The van der Waals surface area contributed by atoms with Crippen molar-refractivity contribution in [1.82, 2.24) is 0 Å². The molecule has 0 N–H and O–H groups in total. The van der Waals surface area contributed by atoms with Crippen LogP contribution >= 0.6 is 11.3 Å². The lowest BCUT2D eigenvalue weighted by atomic mass is 9.67. The first kappa shape index (κ1) is 39.1. The van der Waals surface area contributed by atoms with Gasteiger partial charge in [-0.15, -0.1) is 11.3 Å². The van der Waals surface area contributed by atoms with Crippen molar-refractivity contribution in [3.05, 3.63) is 283 Å². The molecule has 0 bridgehead atoms. The van der Waals surface area contributed by atoms with Gasteiger partial charge in [-0.3, -0.25) is 0 Å². The summed E-state index contributed by atoms with van der Waals surface area (Å²) in [6.45, 7) is 0. The molecule has 2 heteroatoms. The topological polar surface area (TPSA) is 3.24 Å². The second kappa shape index (κ2) is 16.0. The van der Waals surface area contributed by atoms with E-state index in [1.165, 1.54) is 81.0 Å². The van der Waals surface area contributed by atoms with Crippen molar-refractivity contribution in [2.24, 2.45) is 0 Å². The Balaban J connectivity index is 1.13. The molecule has 0 saturated heterocycles. The number of thiophene rings is 1. The van der Waals surface area contributed by atoms with E-state index in [9.17, 15) is 0 Å². The summed E-state index contributed by atoms with van der Waals surface area (Å²) in [5.74, 6) is 0. The Morgan fingerprint density at radius 1 is 0.313 bits per heavy atom. The molecule has 1 nitrogen and oxygen atoms in total. The molecule has 0 atom stereocenters. The largest absolute Gasteiger partial charge is 0.309 e. The second-order valence-corrected chi connectivity index (χ2v) is 18.6. The third-order valence-corrected chi connectivity index (χ3v) is 15.2.